The van der Waals surface area contributed by atoms with Gasteiger partial charge in [-0.2, -0.15) is 0 Å². The molecule has 0 rings (SSSR count). The van der Waals surface area contributed by atoms with Gasteiger partial charge in [-0.3, -0.25) is 0 Å². The standard InChI is InChI=1S/C12H26BrN/c1-10(2)11(7-13)8-14(6)9-12(3,4)5/h10-11H,7-9H2,1-6H3. The van der Waals surface area contributed by atoms with Crippen LogP contribution in [0.3, 0.4) is 0 Å². The van der Waals surface area contributed by atoms with E-state index in [9.17, 15) is 0 Å². The van der Waals surface area contributed by atoms with Gasteiger partial charge in [0.15, 0.2) is 0 Å². The van der Waals surface area contributed by atoms with Crippen LogP contribution in [0, 0.1) is 17.3 Å². The molecule has 0 spiro atoms. The van der Waals surface area contributed by atoms with E-state index in [1.165, 1.54) is 13.1 Å². The lowest BCUT2D eigenvalue weighted by Gasteiger charge is -2.30. The Bertz CT molecular complexity index is 149. The molecule has 0 aromatic carbocycles. The lowest BCUT2D eigenvalue weighted by atomic mass is 9.94. The van der Waals surface area contributed by atoms with E-state index in [-0.39, 0.29) is 0 Å². The predicted molar refractivity (Wildman–Crippen MR) is 69.1 cm³/mol. The van der Waals surface area contributed by atoms with E-state index in [0.717, 1.165) is 17.2 Å². The van der Waals surface area contributed by atoms with Gasteiger partial charge in [-0.05, 0) is 24.3 Å². The lowest BCUT2D eigenvalue weighted by molar-refractivity contribution is 0.189. The Morgan fingerprint density at radius 2 is 1.71 bits per heavy atom. The van der Waals surface area contributed by atoms with Crippen molar-refractivity contribution in [2.75, 3.05) is 25.5 Å². The molecule has 86 valence electrons. The number of halogens is 1. The molecule has 1 atom stereocenters. The van der Waals surface area contributed by atoms with Gasteiger partial charge >= 0.3 is 0 Å². The molecule has 0 aromatic heterocycles. The monoisotopic (exact) mass is 263 g/mol. The second-order valence-corrected chi connectivity index (χ2v) is 6.56. The average Bonchev–Trinajstić information content (AvgIpc) is 1.96. The molecular formula is C12H26BrN. The quantitative estimate of drug-likeness (QED) is 0.685. The van der Waals surface area contributed by atoms with Crippen LogP contribution in [0.5, 0.6) is 0 Å². The van der Waals surface area contributed by atoms with Gasteiger partial charge in [-0.15, -0.1) is 0 Å². The zero-order valence-electron chi connectivity index (χ0n) is 10.6. The van der Waals surface area contributed by atoms with Gasteiger partial charge in [0.2, 0.25) is 0 Å². The van der Waals surface area contributed by atoms with Crippen LogP contribution in [0.4, 0.5) is 0 Å². The van der Waals surface area contributed by atoms with Gasteiger partial charge in [-0.1, -0.05) is 50.5 Å². The second-order valence-electron chi connectivity index (χ2n) is 5.92. The van der Waals surface area contributed by atoms with Crippen molar-refractivity contribution in [2.24, 2.45) is 17.3 Å². The smallest absolute Gasteiger partial charge is 0.00743 e. The Labute approximate surface area is 98.4 Å². The second kappa shape index (κ2) is 6.12. The zero-order chi connectivity index (χ0) is 11.4. The molecule has 0 N–H and O–H groups in total. The maximum Gasteiger partial charge on any atom is 0.00743 e. The molecule has 14 heavy (non-hydrogen) atoms. The molecule has 0 saturated heterocycles. The first-order valence-electron chi connectivity index (χ1n) is 5.51. The Hall–Kier alpha value is 0.440. The number of nitrogens with zero attached hydrogens (tertiary/aromatic N) is 1. The SMILES string of the molecule is CC(C)C(CBr)CN(C)CC(C)(C)C. The summed E-state index contributed by atoms with van der Waals surface area (Å²) in [6.45, 7) is 13.9. The van der Waals surface area contributed by atoms with Crippen molar-refractivity contribution in [3.63, 3.8) is 0 Å². The van der Waals surface area contributed by atoms with Crippen molar-refractivity contribution in [2.45, 2.75) is 34.6 Å². The van der Waals surface area contributed by atoms with Crippen molar-refractivity contribution < 1.29 is 0 Å². The highest BCUT2D eigenvalue weighted by Crippen LogP contribution is 2.18. The molecule has 0 bridgehead atoms. The Morgan fingerprint density at radius 3 is 2.00 bits per heavy atom. The molecule has 0 fully saturated rings. The van der Waals surface area contributed by atoms with Crippen molar-refractivity contribution in [3.8, 4) is 0 Å². The number of alkyl halides is 1. The highest BCUT2D eigenvalue weighted by atomic mass is 79.9. The molecule has 0 saturated carbocycles. The van der Waals surface area contributed by atoms with Gasteiger partial charge in [0.25, 0.3) is 0 Å². The largest absolute Gasteiger partial charge is 0.306 e. The van der Waals surface area contributed by atoms with Crippen LogP contribution in [-0.2, 0) is 0 Å². The Balaban J connectivity index is 3.97. The maximum atomic E-state index is 3.60. The maximum absolute atomic E-state index is 3.60. The predicted octanol–water partition coefficient (Wildman–Crippen LogP) is 3.63. The van der Waals surface area contributed by atoms with Crippen LogP contribution >= 0.6 is 15.9 Å². The van der Waals surface area contributed by atoms with Crippen LogP contribution < -0.4 is 0 Å². The molecule has 0 radical (unpaired) electrons. The summed E-state index contributed by atoms with van der Waals surface area (Å²) >= 11 is 3.60. The molecule has 0 amide bonds. The summed E-state index contributed by atoms with van der Waals surface area (Å²) in [5.41, 5.74) is 0.405. The minimum absolute atomic E-state index is 0.405. The molecule has 0 aliphatic carbocycles. The van der Waals surface area contributed by atoms with Crippen molar-refractivity contribution in [3.05, 3.63) is 0 Å². The molecule has 0 aliphatic heterocycles. The van der Waals surface area contributed by atoms with Crippen molar-refractivity contribution in [1.82, 2.24) is 4.90 Å². The van der Waals surface area contributed by atoms with Gasteiger partial charge in [0, 0.05) is 18.4 Å². The molecule has 1 nitrogen and oxygen atoms in total. The molecule has 0 aromatic rings. The summed E-state index contributed by atoms with van der Waals surface area (Å²) in [7, 11) is 2.23. The summed E-state index contributed by atoms with van der Waals surface area (Å²) in [6, 6.07) is 0. The van der Waals surface area contributed by atoms with Crippen LogP contribution in [0.2, 0.25) is 0 Å². The van der Waals surface area contributed by atoms with Gasteiger partial charge in [0.1, 0.15) is 0 Å². The lowest BCUT2D eigenvalue weighted by Crippen LogP contribution is -2.35. The van der Waals surface area contributed by atoms with Crippen LogP contribution in [-0.4, -0.2) is 30.4 Å². The number of hydrogen-bond donors (Lipinski definition) is 0. The zero-order valence-corrected chi connectivity index (χ0v) is 12.2. The van der Waals surface area contributed by atoms with Gasteiger partial charge in [-0.25, -0.2) is 0 Å². The minimum atomic E-state index is 0.405. The molecule has 1 unspecified atom stereocenters. The third kappa shape index (κ3) is 6.83. The summed E-state index contributed by atoms with van der Waals surface area (Å²) < 4.78 is 0. The van der Waals surface area contributed by atoms with Crippen LogP contribution in [0.1, 0.15) is 34.6 Å². The first-order valence-corrected chi connectivity index (χ1v) is 6.63. The van der Waals surface area contributed by atoms with E-state index in [1.54, 1.807) is 0 Å². The van der Waals surface area contributed by atoms with E-state index < -0.39 is 0 Å². The van der Waals surface area contributed by atoms with Crippen LogP contribution in [0.15, 0.2) is 0 Å². The summed E-state index contributed by atoms with van der Waals surface area (Å²) in [5.74, 6) is 1.53. The summed E-state index contributed by atoms with van der Waals surface area (Å²) in [4.78, 5) is 2.45. The highest BCUT2D eigenvalue weighted by Gasteiger charge is 2.18. The number of rotatable bonds is 5. The normalized spacial score (nSPS) is 15.2. The van der Waals surface area contributed by atoms with Gasteiger partial charge in [0.05, 0.1) is 0 Å². The van der Waals surface area contributed by atoms with E-state index >= 15 is 0 Å². The van der Waals surface area contributed by atoms with Crippen LogP contribution in [0.25, 0.3) is 0 Å². The van der Waals surface area contributed by atoms with Crippen molar-refractivity contribution >= 4 is 15.9 Å². The number of hydrogen-bond acceptors (Lipinski definition) is 1. The summed E-state index contributed by atoms with van der Waals surface area (Å²) in [5, 5.41) is 1.11. The van der Waals surface area contributed by atoms with E-state index in [4.69, 9.17) is 0 Å². The summed E-state index contributed by atoms with van der Waals surface area (Å²) in [6.07, 6.45) is 0. The third-order valence-electron chi connectivity index (χ3n) is 2.43. The fourth-order valence-corrected chi connectivity index (χ4v) is 2.66. The Morgan fingerprint density at radius 1 is 1.21 bits per heavy atom. The molecule has 0 aliphatic rings. The third-order valence-corrected chi connectivity index (χ3v) is 3.26. The first kappa shape index (κ1) is 14.4. The van der Waals surface area contributed by atoms with Gasteiger partial charge < -0.3 is 4.90 Å². The fourth-order valence-electron chi connectivity index (χ4n) is 1.71. The topological polar surface area (TPSA) is 3.24 Å². The molecule has 2 heteroatoms. The fraction of sp³-hybridized carbons (Fsp3) is 1.00. The minimum Gasteiger partial charge on any atom is -0.306 e. The molecular weight excluding hydrogens is 238 g/mol. The van der Waals surface area contributed by atoms with E-state index in [2.05, 4.69) is 62.5 Å². The average molecular weight is 264 g/mol. The van der Waals surface area contributed by atoms with Crippen molar-refractivity contribution in [1.29, 1.82) is 0 Å². The Kier molecular flexibility index (Phi) is 6.31. The molecule has 0 heterocycles. The van der Waals surface area contributed by atoms with E-state index in [1.807, 2.05) is 0 Å². The first-order chi connectivity index (χ1) is 6.26. The van der Waals surface area contributed by atoms with E-state index in [0.29, 0.717) is 5.41 Å². The highest BCUT2D eigenvalue weighted by molar-refractivity contribution is 9.09.